The lowest BCUT2D eigenvalue weighted by molar-refractivity contribution is 0.0577. The lowest BCUT2D eigenvalue weighted by atomic mass is 10.0. The van der Waals surface area contributed by atoms with Gasteiger partial charge in [-0.05, 0) is 30.2 Å². The van der Waals surface area contributed by atoms with E-state index in [1.807, 2.05) is 65.7 Å². The number of nitrogens with zero attached hydrogens (tertiary/aromatic N) is 5. The SMILES string of the molecule is COc1cccc(-c2nn(-c3ccccc3)cc2C(=O)N2CCN(C(C#N)C(C)C)CC2)c1. The van der Waals surface area contributed by atoms with E-state index in [-0.39, 0.29) is 17.9 Å². The summed E-state index contributed by atoms with van der Waals surface area (Å²) in [6, 6.07) is 19.7. The van der Waals surface area contributed by atoms with Crippen LogP contribution in [0.3, 0.4) is 0 Å². The zero-order valence-corrected chi connectivity index (χ0v) is 19.3. The van der Waals surface area contributed by atoms with Gasteiger partial charge in [0.25, 0.3) is 5.91 Å². The molecule has 0 saturated carbocycles. The van der Waals surface area contributed by atoms with Crippen molar-refractivity contribution in [3.63, 3.8) is 0 Å². The number of hydrogen-bond acceptors (Lipinski definition) is 5. The summed E-state index contributed by atoms with van der Waals surface area (Å²) in [6.45, 7) is 6.65. The summed E-state index contributed by atoms with van der Waals surface area (Å²) in [6.07, 6.45) is 1.81. The van der Waals surface area contributed by atoms with Gasteiger partial charge in [-0.3, -0.25) is 9.69 Å². The summed E-state index contributed by atoms with van der Waals surface area (Å²) in [4.78, 5) is 17.7. The molecule has 1 fully saturated rings. The number of carbonyl (C=O) groups excluding carboxylic acids is 1. The molecule has 3 aromatic rings. The molecule has 2 aromatic carbocycles. The van der Waals surface area contributed by atoms with Gasteiger partial charge in [-0.15, -0.1) is 0 Å². The Hall–Kier alpha value is -3.63. The van der Waals surface area contributed by atoms with Crippen molar-refractivity contribution in [3.8, 4) is 28.8 Å². The maximum Gasteiger partial charge on any atom is 0.257 e. The Morgan fingerprint density at radius 1 is 1.06 bits per heavy atom. The molecule has 1 unspecified atom stereocenters. The van der Waals surface area contributed by atoms with E-state index in [0.29, 0.717) is 43.2 Å². The summed E-state index contributed by atoms with van der Waals surface area (Å²) in [5.41, 5.74) is 2.90. The molecule has 7 heteroatoms. The third-order valence-electron chi connectivity index (χ3n) is 6.07. The Labute approximate surface area is 194 Å². The van der Waals surface area contributed by atoms with E-state index < -0.39 is 0 Å². The second kappa shape index (κ2) is 9.88. The summed E-state index contributed by atoms with van der Waals surface area (Å²) in [5, 5.41) is 14.3. The van der Waals surface area contributed by atoms with Gasteiger partial charge in [0.2, 0.25) is 0 Å². The van der Waals surface area contributed by atoms with Gasteiger partial charge in [-0.1, -0.05) is 44.2 Å². The van der Waals surface area contributed by atoms with Crippen LogP contribution in [-0.4, -0.2) is 64.8 Å². The molecule has 170 valence electrons. The van der Waals surface area contributed by atoms with Crippen molar-refractivity contribution < 1.29 is 9.53 Å². The molecule has 1 amide bonds. The van der Waals surface area contributed by atoms with Crippen LogP contribution < -0.4 is 4.74 Å². The molecule has 0 aliphatic carbocycles. The van der Waals surface area contributed by atoms with Crippen LogP contribution in [0.5, 0.6) is 5.75 Å². The van der Waals surface area contributed by atoms with Crippen LogP contribution in [0.2, 0.25) is 0 Å². The molecule has 1 aliphatic rings. The number of piperazine rings is 1. The Morgan fingerprint density at radius 2 is 1.79 bits per heavy atom. The molecule has 1 atom stereocenters. The van der Waals surface area contributed by atoms with Crippen LogP contribution in [0.4, 0.5) is 0 Å². The predicted octanol–water partition coefficient (Wildman–Crippen LogP) is 3.85. The number of carbonyl (C=O) groups is 1. The van der Waals surface area contributed by atoms with Gasteiger partial charge in [-0.25, -0.2) is 4.68 Å². The summed E-state index contributed by atoms with van der Waals surface area (Å²) >= 11 is 0. The van der Waals surface area contributed by atoms with E-state index in [4.69, 9.17) is 9.84 Å². The Kier molecular flexibility index (Phi) is 6.76. The first kappa shape index (κ1) is 22.6. The first-order valence-electron chi connectivity index (χ1n) is 11.2. The third kappa shape index (κ3) is 4.76. The first-order valence-corrected chi connectivity index (χ1v) is 11.2. The quantitative estimate of drug-likeness (QED) is 0.578. The highest BCUT2D eigenvalue weighted by atomic mass is 16.5. The van der Waals surface area contributed by atoms with E-state index in [0.717, 1.165) is 11.3 Å². The molecule has 2 heterocycles. The van der Waals surface area contributed by atoms with Crippen LogP contribution in [0.15, 0.2) is 60.8 Å². The number of rotatable bonds is 6. The third-order valence-corrected chi connectivity index (χ3v) is 6.07. The molecule has 7 nitrogen and oxygen atoms in total. The maximum absolute atomic E-state index is 13.6. The molecule has 1 aliphatic heterocycles. The molecule has 4 rings (SSSR count). The van der Waals surface area contributed by atoms with E-state index in [1.165, 1.54) is 0 Å². The van der Waals surface area contributed by atoms with Gasteiger partial charge in [0.05, 0.1) is 24.4 Å². The number of aromatic nitrogens is 2. The molecule has 1 aromatic heterocycles. The standard InChI is InChI=1S/C26H29N5O2/c1-19(2)24(17-27)29-12-14-30(15-13-29)26(32)23-18-31(21-9-5-4-6-10-21)28-25(23)20-8-7-11-22(16-20)33-3/h4-11,16,18-19,24H,12-15H2,1-3H3. The van der Waals surface area contributed by atoms with Crippen molar-refractivity contribution in [1.29, 1.82) is 5.26 Å². The van der Waals surface area contributed by atoms with Crippen LogP contribution in [0.1, 0.15) is 24.2 Å². The molecule has 0 N–H and O–H groups in total. The normalized spacial score (nSPS) is 15.3. The zero-order valence-electron chi connectivity index (χ0n) is 19.3. The van der Waals surface area contributed by atoms with Crippen molar-refractivity contribution in [2.45, 2.75) is 19.9 Å². The number of hydrogen-bond donors (Lipinski definition) is 0. The van der Waals surface area contributed by atoms with Crippen molar-refractivity contribution in [2.75, 3.05) is 33.3 Å². The minimum atomic E-state index is -0.129. The fourth-order valence-corrected chi connectivity index (χ4v) is 4.25. The van der Waals surface area contributed by atoms with Crippen LogP contribution in [0.25, 0.3) is 16.9 Å². The summed E-state index contributed by atoms with van der Waals surface area (Å²) in [7, 11) is 1.62. The van der Waals surface area contributed by atoms with Gasteiger partial charge in [-0.2, -0.15) is 10.4 Å². The fraction of sp³-hybridized carbons (Fsp3) is 0.346. The predicted molar refractivity (Wildman–Crippen MR) is 127 cm³/mol. The lowest BCUT2D eigenvalue weighted by Crippen LogP contribution is -2.52. The Balaban J connectivity index is 1.64. The monoisotopic (exact) mass is 443 g/mol. The molecular weight excluding hydrogens is 414 g/mol. The molecule has 0 radical (unpaired) electrons. The molecule has 0 bridgehead atoms. The van der Waals surface area contributed by atoms with Gasteiger partial charge >= 0.3 is 0 Å². The topological polar surface area (TPSA) is 74.4 Å². The van der Waals surface area contributed by atoms with Crippen LogP contribution in [-0.2, 0) is 0 Å². The number of amides is 1. The minimum Gasteiger partial charge on any atom is -0.497 e. The average molecular weight is 444 g/mol. The minimum absolute atomic E-state index is 0.0484. The van der Waals surface area contributed by atoms with Gasteiger partial charge in [0.15, 0.2) is 0 Å². The second-order valence-corrected chi connectivity index (χ2v) is 8.55. The Morgan fingerprint density at radius 3 is 2.42 bits per heavy atom. The summed E-state index contributed by atoms with van der Waals surface area (Å²) < 4.78 is 7.14. The van der Waals surface area contributed by atoms with Gasteiger partial charge < -0.3 is 9.64 Å². The fourth-order valence-electron chi connectivity index (χ4n) is 4.25. The number of ether oxygens (including phenoxy) is 1. The van der Waals surface area contributed by atoms with Crippen LogP contribution >= 0.6 is 0 Å². The Bertz CT molecular complexity index is 1140. The number of para-hydroxylation sites is 1. The largest absolute Gasteiger partial charge is 0.497 e. The van der Waals surface area contributed by atoms with Crippen molar-refractivity contribution in [2.24, 2.45) is 5.92 Å². The molecule has 0 spiro atoms. The van der Waals surface area contributed by atoms with E-state index >= 15 is 0 Å². The number of methoxy groups -OCH3 is 1. The highest BCUT2D eigenvalue weighted by Gasteiger charge is 2.30. The molecule has 1 saturated heterocycles. The van der Waals surface area contributed by atoms with Crippen LogP contribution in [0, 0.1) is 17.2 Å². The molecular formula is C26H29N5O2. The first-order chi connectivity index (χ1) is 16.0. The smallest absolute Gasteiger partial charge is 0.257 e. The van der Waals surface area contributed by atoms with Gasteiger partial charge in [0.1, 0.15) is 17.5 Å². The number of nitriles is 1. The van der Waals surface area contributed by atoms with Crippen molar-refractivity contribution >= 4 is 5.91 Å². The average Bonchev–Trinajstić information content (AvgIpc) is 3.30. The zero-order chi connectivity index (χ0) is 23.4. The second-order valence-electron chi connectivity index (χ2n) is 8.55. The van der Waals surface area contributed by atoms with E-state index in [2.05, 4.69) is 24.8 Å². The van der Waals surface area contributed by atoms with E-state index in [1.54, 1.807) is 11.8 Å². The summed E-state index contributed by atoms with van der Waals surface area (Å²) in [5.74, 6) is 0.915. The molecule has 33 heavy (non-hydrogen) atoms. The van der Waals surface area contributed by atoms with Crippen molar-refractivity contribution in [1.82, 2.24) is 19.6 Å². The number of benzene rings is 2. The maximum atomic E-state index is 13.6. The highest BCUT2D eigenvalue weighted by Crippen LogP contribution is 2.28. The lowest BCUT2D eigenvalue weighted by Gasteiger charge is -2.38. The van der Waals surface area contributed by atoms with Gasteiger partial charge in [0, 0.05) is 37.9 Å². The van der Waals surface area contributed by atoms with Crippen molar-refractivity contribution in [3.05, 3.63) is 66.4 Å². The highest BCUT2D eigenvalue weighted by molar-refractivity contribution is 6.00. The van der Waals surface area contributed by atoms with E-state index in [9.17, 15) is 10.1 Å².